The third-order valence-corrected chi connectivity index (χ3v) is 6.16. The van der Waals surface area contributed by atoms with Gasteiger partial charge in [-0.15, -0.1) is 0 Å². The van der Waals surface area contributed by atoms with Crippen molar-refractivity contribution in [2.24, 2.45) is 10.9 Å². The van der Waals surface area contributed by atoms with Crippen molar-refractivity contribution in [3.63, 3.8) is 0 Å². The van der Waals surface area contributed by atoms with Crippen molar-refractivity contribution >= 4 is 23.0 Å². The van der Waals surface area contributed by atoms with Crippen LogP contribution in [-0.2, 0) is 4.79 Å². The number of ether oxygens (including phenoxy) is 1. The van der Waals surface area contributed by atoms with Gasteiger partial charge in [0.15, 0.2) is 17.3 Å². The number of carbonyl (C=O) groups excluding carboxylic acids is 1. The summed E-state index contributed by atoms with van der Waals surface area (Å²) in [7, 11) is 0. The molecule has 1 aliphatic heterocycles. The number of ketones is 1. The Morgan fingerprint density at radius 2 is 1.87 bits per heavy atom. The Labute approximate surface area is 176 Å². The fourth-order valence-electron chi connectivity index (χ4n) is 4.50. The number of fused-ring (bicyclic) bond motifs is 1. The topological polar surface area (TPSA) is 111 Å². The van der Waals surface area contributed by atoms with Crippen LogP contribution in [0.5, 0.6) is 5.88 Å². The van der Waals surface area contributed by atoms with Crippen LogP contribution in [0.15, 0.2) is 35.6 Å². The molecule has 1 aromatic heterocycles. The number of carbonyl (C=O) groups is 1. The quantitative estimate of drug-likeness (QED) is 0.782. The van der Waals surface area contributed by atoms with Crippen molar-refractivity contribution in [1.29, 1.82) is 0 Å². The number of nitrogens with zero attached hydrogens (tertiary/aromatic N) is 3. The van der Waals surface area contributed by atoms with Crippen molar-refractivity contribution in [3.05, 3.63) is 41.7 Å². The molecule has 2 aliphatic rings. The van der Waals surface area contributed by atoms with Crippen LogP contribution in [0.1, 0.15) is 63.0 Å². The Balaban J connectivity index is 1.50. The molecule has 7 heteroatoms. The molecule has 1 fully saturated rings. The van der Waals surface area contributed by atoms with Gasteiger partial charge in [-0.25, -0.2) is 9.98 Å². The highest BCUT2D eigenvalue weighted by Crippen LogP contribution is 2.40. The van der Waals surface area contributed by atoms with E-state index in [0.29, 0.717) is 35.6 Å². The molecule has 1 aromatic carbocycles. The number of aliphatic hydroxyl groups excluding tert-OH is 1. The highest BCUT2D eigenvalue weighted by Gasteiger charge is 2.35. The zero-order valence-corrected chi connectivity index (χ0v) is 17.5. The Morgan fingerprint density at radius 3 is 2.53 bits per heavy atom. The zero-order chi connectivity index (χ0) is 21.3. The van der Waals surface area contributed by atoms with Crippen molar-refractivity contribution in [2.45, 2.75) is 57.5 Å². The van der Waals surface area contributed by atoms with Crippen LogP contribution in [0, 0.1) is 5.92 Å². The van der Waals surface area contributed by atoms with E-state index in [1.54, 1.807) is 0 Å². The number of nitrogen functional groups attached to an aromatic ring is 1. The number of aliphatic imine (C=N–C) groups is 1. The van der Waals surface area contributed by atoms with Gasteiger partial charge in [0.2, 0.25) is 5.88 Å². The number of hydrogen-bond donors (Lipinski definition) is 2. The summed E-state index contributed by atoms with van der Waals surface area (Å²) in [6, 6.07) is 8.51. The molecule has 0 saturated heterocycles. The molecule has 2 aromatic rings. The van der Waals surface area contributed by atoms with E-state index in [1.807, 2.05) is 13.8 Å². The fourth-order valence-corrected chi connectivity index (χ4v) is 4.50. The minimum Gasteiger partial charge on any atom is -0.463 e. The molecular formula is C23H28N4O3. The van der Waals surface area contributed by atoms with Crippen molar-refractivity contribution in [2.75, 3.05) is 12.3 Å². The molecule has 0 amide bonds. The van der Waals surface area contributed by atoms with Gasteiger partial charge < -0.3 is 15.6 Å². The van der Waals surface area contributed by atoms with Gasteiger partial charge >= 0.3 is 0 Å². The van der Waals surface area contributed by atoms with E-state index in [4.69, 9.17) is 20.6 Å². The largest absolute Gasteiger partial charge is 0.463 e. The van der Waals surface area contributed by atoms with Crippen LogP contribution >= 0.6 is 0 Å². The third-order valence-electron chi connectivity index (χ3n) is 6.16. The van der Waals surface area contributed by atoms with Crippen LogP contribution < -0.4 is 10.5 Å². The van der Waals surface area contributed by atoms with E-state index in [0.717, 1.165) is 37.0 Å². The van der Waals surface area contributed by atoms with Crippen LogP contribution in [-0.4, -0.2) is 38.8 Å². The summed E-state index contributed by atoms with van der Waals surface area (Å²) in [6.07, 6.45) is 6.09. The van der Waals surface area contributed by atoms with E-state index in [2.05, 4.69) is 34.2 Å². The molecule has 3 N–H and O–H groups in total. The maximum atomic E-state index is 11.5. The van der Waals surface area contributed by atoms with Gasteiger partial charge in [-0.1, -0.05) is 24.3 Å². The van der Waals surface area contributed by atoms with Gasteiger partial charge in [-0.05, 0) is 56.9 Å². The van der Waals surface area contributed by atoms with Crippen molar-refractivity contribution in [1.82, 2.24) is 9.97 Å². The van der Waals surface area contributed by atoms with E-state index < -0.39 is 5.60 Å². The number of nitrogens with two attached hydrogens (primary N) is 1. The van der Waals surface area contributed by atoms with E-state index in [-0.39, 0.29) is 12.4 Å². The molecule has 7 nitrogen and oxygen atoms in total. The number of rotatable bonds is 5. The average molecular weight is 409 g/mol. The first-order chi connectivity index (χ1) is 14.4. The number of aromatic nitrogens is 2. The van der Waals surface area contributed by atoms with E-state index >= 15 is 0 Å². The normalized spacial score (nSPS) is 22.6. The van der Waals surface area contributed by atoms with Crippen molar-refractivity contribution < 1.29 is 14.6 Å². The number of aliphatic hydroxyl groups is 1. The lowest BCUT2D eigenvalue weighted by atomic mass is 9.77. The summed E-state index contributed by atoms with van der Waals surface area (Å²) in [6.45, 7) is 3.60. The molecule has 0 bridgehead atoms. The second-order valence-electron chi connectivity index (χ2n) is 8.73. The molecule has 0 atom stereocenters. The van der Waals surface area contributed by atoms with Crippen LogP contribution in [0.2, 0.25) is 0 Å². The van der Waals surface area contributed by atoms with Crippen LogP contribution in [0.3, 0.4) is 0 Å². The maximum Gasteiger partial charge on any atom is 0.246 e. The smallest absolute Gasteiger partial charge is 0.246 e. The fraction of sp³-hybridized carbons (Fsp3) is 0.478. The number of Topliss-reactive ketones (excluding diaryl/α,β-unsaturated/α-hetero) is 1. The van der Waals surface area contributed by atoms with Gasteiger partial charge in [0.1, 0.15) is 18.5 Å². The van der Waals surface area contributed by atoms with Crippen LogP contribution in [0.4, 0.5) is 11.5 Å². The molecule has 158 valence electrons. The summed E-state index contributed by atoms with van der Waals surface area (Å²) in [5, 5.41) is 8.95. The van der Waals surface area contributed by atoms with E-state index in [9.17, 15) is 4.79 Å². The first kappa shape index (κ1) is 20.5. The first-order valence-corrected chi connectivity index (χ1v) is 10.5. The van der Waals surface area contributed by atoms with E-state index in [1.165, 1.54) is 11.9 Å². The lowest BCUT2D eigenvalue weighted by molar-refractivity contribution is -0.122. The molecule has 2 heterocycles. The van der Waals surface area contributed by atoms with Gasteiger partial charge in [0.05, 0.1) is 5.71 Å². The molecule has 0 unspecified atom stereocenters. The zero-order valence-electron chi connectivity index (χ0n) is 17.5. The van der Waals surface area contributed by atoms with Gasteiger partial charge in [0.25, 0.3) is 0 Å². The van der Waals surface area contributed by atoms with Gasteiger partial charge in [-0.2, -0.15) is 4.98 Å². The molecule has 1 aliphatic carbocycles. The minimum absolute atomic E-state index is 0.0477. The number of benzene rings is 1. The second kappa shape index (κ2) is 8.14. The van der Waals surface area contributed by atoms with Crippen LogP contribution in [0.25, 0.3) is 0 Å². The first-order valence-electron chi connectivity index (χ1n) is 10.5. The minimum atomic E-state index is -0.632. The van der Waals surface area contributed by atoms with Crippen molar-refractivity contribution in [3.8, 4) is 5.88 Å². The predicted octanol–water partition coefficient (Wildman–Crippen LogP) is 3.58. The average Bonchev–Trinajstić information content (AvgIpc) is 2.73. The highest BCUT2D eigenvalue weighted by molar-refractivity contribution is 6.09. The van der Waals surface area contributed by atoms with Gasteiger partial charge in [-0.3, -0.25) is 4.79 Å². The lowest BCUT2D eigenvalue weighted by Crippen LogP contribution is -2.41. The monoisotopic (exact) mass is 408 g/mol. The number of hydrogen-bond acceptors (Lipinski definition) is 7. The Kier molecular flexibility index (Phi) is 5.56. The summed E-state index contributed by atoms with van der Waals surface area (Å²) in [5.41, 5.74) is 8.91. The Bertz CT molecular complexity index is 961. The molecule has 30 heavy (non-hydrogen) atoms. The highest BCUT2D eigenvalue weighted by atomic mass is 16.5. The molecule has 0 spiro atoms. The SMILES string of the molecule is CC1(C)Oc2ncnc(N)c2N=C1c1ccc([C@H]2CC[C@H](CC(=O)CO)CC2)cc1. The maximum absolute atomic E-state index is 11.5. The summed E-state index contributed by atoms with van der Waals surface area (Å²) in [4.78, 5) is 24.4. The number of anilines is 1. The predicted molar refractivity (Wildman–Crippen MR) is 115 cm³/mol. The lowest BCUT2D eigenvalue weighted by Gasteiger charge is -2.32. The third kappa shape index (κ3) is 4.07. The Hall–Kier alpha value is -2.80. The summed E-state index contributed by atoms with van der Waals surface area (Å²) >= 11 is 0. The summed E-state index contributed by atoms with van der Waals surface area (Å²) < 4.78 is 6.06. The molecule has 4 rings (SSSR count). The molecular weight excluding hydrogens is 380 g/mol. The van der Waals surface area contributed by atoms with Gasteiger partial charge in [0, 0.05) is 12.0 Å². The molecule has 1 saturated carbocycles. The second-order valence-corrected chi connectivity index (χ2v) is 8.73. The molecule has 0 radical (unpaired) electrons. The standard InChI is InChI=1S/C23H28N4O3/c1-23(2)20(27-19-21(24)25-13-26-22(19)30-23)17-9-7-16(8-10-17)15-5-3-14(4-6-15)11-18(29)12-28/h7-10,13-15,28H,3-6,11-12H2,1-2H3,(H2,24,25,26)/t14-,15-. The Morgan fingerprint density at radius 1 is 1.17 bits per heavy atom. The summed E-state index contributed by atoms with van der Waals surface area (Å²) in [5.74, 6) is 1.57.